The van der Waals surface area contributed by atoms with Crippen molar-refractivity contribution in [2.24, 2.45) is 5.73 Å². The van der Waals surface area contributed by atoms with Crippen molar-refractivity contribution in [3.63, 3.8) is 0 Å². The molecule has 4 nitrogen and oxygen atoms in total. The molecule has 0 heterocycles. The van der Waals surface area contributed by atoms with Crippen LogP contribution in [0.25, 0.3) is 10.8 Å². The molecule has 0 atom stereocenters. The second-order valence-corrected chi connectivity index (χ2v) is 6.34. The summed E-state index contributed by atoms with van der Waals surface area (Å²) in [5.74, 6) is -0.269. The molecule has 5 heteroatoms. The number of hydrogen-bond donors (Lipinski definition) is 2. The van der Waals surface area contributed by atoms with Gasteiger partial charge in [0.25, 0.3) is 5.91 Å². The van der Waals surface area contributed by atoms with Gasteiger partial charge in [0.2, 0.25) is 5.91 Å². The highest BCUT2D eigenvalue weighted by atomic mass is 32.2. The molecule has 0 aromatic heterocycles. The van der Waals surface area contributed by atoms with Crippen LogP contribution in [-0.4, -0.2) is 17.6 Å². The van der Waals surface area contributed by atoms with Crippen LogP contribution in [0.3, 0.4) is 0 Å². The Labute approximate surface area is 144 Å². The van der Waals surface area contributed by atoms with Crippen LogP contribution in [0.4, 0.5) is 5.69 Å². The van der Waals surface area contributed by atoms with Crippen molar-refractivity contribution in [2.75, 3.05) is 11.1 Å². The minimum absolute atomic E-state index is 0.154. The highest BCUT2D eigenvalue weighted by Gasteiger charge is 2.07. The third kappa shape index (κ3) is 3.94. The van der Waals surface area contributed by atoms with Crippen LogP contribution in [0.1, 0.15) is 10.4 Å². The minimum Gasteiger partial charge on any atom is -0.369 e. The molecule has 0 aliphatic heterocycles. The zero-order valence-corrected chi connectivity index (χ0v) is 13.7. The van der Waals surface area contributed by atoms with E-state index in [1.165, 1.54) is 11.8 Å². The number of rotatable bonds is 5. The Morgan fingerprint density at radius 2 is 1.62 bits per heavy atom. The fraction of sp³-hybridized carbons (Fsp3) is 0.0526. The first-order chi connectivity index (χ1) is 11.6. The Balaban J connectivity index is 1.70. The third-order valence-corrected chi connectivity index (χ3v) is 4.54. The summed E-state index contributed by atoms with van der Waals surface area (Å²) in [4.78, 5) is 24.1. The molecule has 0 aliphatic carbocycles. The number of benzene rings is 3. The summed E-state index contributed by atoms with van der Waals surface area (Å²) >= 11 is 1.37. The molecule has 3 rings (SSSR count). The van der Waals surface area contributed by atoms with E-state index in [2.05, 4.69) is 5.32 Å². The smallest absolute Gasteiger partial charge is 0.255 e. The van der Waals surface area contributed by atoms with Crippen LogP contribution >= 0.6 is 11.8 Å². The first-order valence-electron chi connectivity index (χ1n) is 7.43. The molecule has 0 spiro atoms. The first-order valence-corrected chi connectivity index (χ1v) is 8.42. The SMILES string of the molecule is NC(=O)CSc1ccc(NC(=O)c2ccc3ccccc3c2)cc1. The number of nitrogens with one attached hydrogen (secondary N) is 1. The predicted octanol–water partition coefficient (Wildman–Crippen LogP) is 3.67. The normalized spacial score (nSPS) is 10.5. The van der Waals surface area contributed by atoms with Crippen LogP contribution in [0.2, 0.25) is 0 Å². The molecular formula is C19H16N2O2S. The number of carbonyl (C=O) groups excluding carboxylic acids is 2. The van der Waals surface area contributed by atoms with Gasteiger partial charge in [-0.1, -0.05) is 30.3 Å². The Bertz CT molecular complexity index is 891. The van der Waals surface area contributed by atoms with E-state index < -0.39 is 0 Å². The van der Waals surface area contributed by atoms with Crippen molar-refractivity contribution in [1.82, 2.24) is 0 Å². The standard InChI is InChI=1S/C19H16N2O2S/c20-18(22)12-24-17-9-7-16(8-10-17)21-19(23)15-6-5-13-3-1-2-4-14(13)11-15/h1-11H,12H2,(H2,20,22)(H,21,23). The molecule has 3 N–H and O–H groups in total. The van der Waals surface area contributed by atoms with Gasteiger partial charge in [0.15, 0.2) is 0 Å². The number of amides is 2. The highest BCUT2D eigenvalue weighted by Crippen LogP contribution is 2.21. The fourth-order valence-electron chi connectivity index (χ4n) is 2.32. The molecule has 24 heavy (non-hydrogen) atoms. The van der Waals surface area contributed by atoms with Crippen molar-refractivity contribution in [2.45, 2.75) is 4.90 Å². The Hall–Kier alpha value is -2.79. The fourth-order valence-corrected chi connectivity index (χ4v) is 2.96. The summed E-state index contributed by atoms with van der Waals surface area (Å²) in [7, 11) is 0. The third-order valence-electron chi connectivity index (χ3n) is 3.50. The van der Waals surface area contributed by atoms with E-state index in [9.17, 15) is 9.59 Å². The van der Waals surface area contributed by atoms with Gasteiger partial charge in [-0.25, -0.2) is 0 Å². The van der Waals surface area contributed by atoms with Crippen LogP contribution < -0.4 is 11.1 Å². The molecule has 120 valence electrons. The number of hydrogen-bond acceptors (Lipinski definition) is 3. The maximum atomic E-state index is 12.4. The van der Waals surface area contributed by atoms with Gasteiger partial charge in [-0.2, -0.15) is 0 Å². The molecule has 2 amide bonds. The summed E-state index contributed by atoms with van der Waals surface area (Å²) in [5.41, 5.74) is 6.44. The monoisotopic (exact) mass is 336 g/mol. The van der Waals surface area contributed by atoms with E-state index in [0.717, 1.165) is 15.7 Å². The second-order valence-electron chi connectivity index (χ2n) is 5.30. The highest BCUT2D eigenvalue weighted by molar-refractivity contribution is 8.00. The number of carbonyl (C=O) groups is 2. The number of fused-ring (bicyclic) bond motifs is 1. The van der Waals surface area contributed by atoms with Gasteiger partial charge in [-0.3, -0.25) is 9.59 Å². The summed E-state index contributed by atoms with van der Waals surface area (Å²) in [6.07, 6.45) is 0. The van der Waals surface area contributed by atoms with Crippen molar-refractivity contribution < 1.29 is 9.59 Å². The molecule has 0 fully saturated rings. The first kappa shape index (κ1) is 16.1. The van der Waals surface area contributed by atoms with Crippen molar-refractivity contribution >= 4 is 40.0 Å². The van der Waals surface area contributed by atoms with Crippen molar-refractivity contribution in [3.8, 4) is 0 Å². The molecule has 0 radical (unpaired) electrons. The molecular weight excluding hydrogens is 320 g/mol. The van der Waals surface area contributed by atoms with Gasteiger partial charge in [0.05, 0.1) is 5.75 Å². The van der Waals surface area contributed by atoms with Crippen molar-refractivity contribution in [1.29, 1.82) is 0 Å². The molecule has 3 aromatic rings. The second kappa shape index (κ2) is 7.19. The Morgan fingerprint density at radius 1 is 0.917 bits per heavy atom. The zero-order chi connectivity index (χ0) is 16.9. The van der Waals surface area contributed by atoms with Crippen LogP contribution in [0, 0.1) is 0 Å². The van der Waals surface area contributed by atoms with Crippen LogP contribution in [0.5, 0.6) is 0 Å². The van der Waals surface area contributed by atoms with E-state index in [4.69, 9.17) is 5.73 Å². The van der Waals surface area contributed by atoms with Gasteiger partial charge in [-0.05, 0) is 47.2 Å². The molecule has 0 saturated carbocycles. The number of primary amides is 1. The molecule has 0 bridgehead atoms. The largest absolute Gasteiger partial charge is 0.369 e. The maximum absolute atomic E-state index is 12.4. The van der Waals surface area contributed by atoms with E-state index in [1.54, 1.807) is 0 Å². The number of nitrogens with two attached hydrogens (primary N) is 1. The van der Waals surface area contributed by atoms with Gasteiger partial charge in [-0.15, -0.1) is 11.8 Å². The van der Waals surface area contributed by atoms with Crippen molar-refractivity contribution in [3.05, 3.63) is 72.3 Å². The van der Waals surface area contributed by atoms with E-state index in [0.29, 0.717) is 11.3 Å². The van der Waals surface area contributed by atoms with Gasteiger partial charge >= 0.3 is 0 Å². The van der Waals surface area contributed by atoms with Gasteiger partial charge in [0.1, 0.15) is 0 Å². The maximum Gasteiger partial charge on any atom is 0.255 e. The molecule has 0 unspecified atom stereocenters. The number of thioether (sulfide) groups is 1. The topological polar surface area (TPSA) is 72.2 Å². The Morgan fingerprint density at radius 3 is 2.33 bits per heavy atom. The predicted molar refractivity (Wildman–Crippen MR) is 98.3 cm³/mol. The quantitative estimate of drug-likeness (QED) is 0.698. The van der Waals surface area contributed by atoms with Crippen LogP contribution in [-0.2, 0) is 4.79 Å². The molecule has 3 aromatic carbocycles. The number of anilines is 1. The van der Waals surface area contributed by atoms with E-state index in [-0.39, 0.29) is 17.6 Å². The summed E-state index contributed by atoms with van der Waals surface area (Å²) < 4.78 is 0. The van der Waals surface area contributed by atoms with Gasteiger partial charge in [0, 0.05) is 16.1 Å². The lowest BCUT2D eigenvalue weighted by Gasteiger charge is -2.07. The lowest BCUT2D eigenvalue weighted by molar-refractivity contribution is -0.115. The average molecular weight is 336 g/mol. The summed E-state index contributed by atoms with van der Waals surface area (Å²) in [6, 6.07) is 20.9. The summed E-state index contributed by atoms with van der Waals surface area (Å²) in [6.45, 7) is 0. The van der Waals surface area contributed by atoms with Gasteiger partial charge < -0.3 is 11.1 Å². The Kier molecular flexibility index (Phi) is 4.82. The van der Waals surface area contributed by atoms with E-state index >= 15 is 0 Å². The van der Waals surface area contributed by atoms with E-state index in [1.807, 2.05) is 66.7 Å². The molecule has 0 aliphatic rings. The summed E-state index contributed by atoms with van der Waals surface area (Å²) in [5, 5.41) is 5.01. The lowest BCUT2D eigenvalue weighted by Crippen LogP contribution is -2.13. The average Bonchev–Trinajstić information content (AvgIpc) is 2.60. The zero-order valence-electron chi connectivity index (χ0n) is 12.9. The lowest BCUT2D eigenvalue weighted by atomic mass is 10.1. The van der Waals surface area contributed by atoms with Crippen LogP contribution in [0.15, 0.2) is 71.6 Å². The molecule has 0 saturated heterocycles. The minimum atomic E-state index is -0.353.